The van der Waals surface area contributed by atoms with Crippen molar-refractivity contribution in [3.63, 3.8) is 0 Å². The van der Waals surface area contributed by atoms with Crippen LogP contribution in [0.3, 0.4) is 0 Å². The van der Waals surface area contributed by atoms with E-state index in [9.17, 15) is 22.8 Å². The molecule has 0 aliphatic carbocycles. The Labute approximate surface area is 157 Å². The lowest BCUT2D eigenvalue weighted by Gasteiger charge is -2.24. The van der Waals surface area contributed by atoms with Gasteiger partial charge in [-0.2, -0.15) is 18.3 Å². The third-order valence-electron chi connectivity index (χ3n) is 5.13. The third-order valence-corrected chi connectivity index (χ3v) is 5.13. The van der Waals surface area contributed by atoms with Crippen LogP contribution in [0.2, 0.25) is 0 Å². The number of alkyl halides is 3. The number of nitrogens with zero attached hydrogens (tertiary/aromatic N) is 5. The maximum atomic E-state index is 13.3. The van der Waals surface area contributed by atoms with Gasteiger partial charge in [0.25, 0.3) is 5.91 Å². The van der Waals surface area contributed by atoms with Crippen LogP contribution in [0, 0.1) is 6.92 Å². The molecule has 4 heterocycles. The Hall–Kier alpha value is -2.69. The maximum absolute atomic E-state index is 13.3. The van der Waals surface area contributed by atoms with Crippen LogP contribution in [0.4, 0.5) is 13.2 Å². The van der Waals surface area contributed by atoms with Gasteiger partial charge in [-0.25, -0.2) is 9.50 Å². The fraction of sp³-hybridized carbons (Fsp3) is 0.529. The fourth-order valence-corrected chi connectivity index (χ4v) is 3.69. The minimum atomic E-state index is -4.63. The van der Waals surface area contributed by atoms with Gasteiger partial charge in [0.15, 0.2) is 11.3 Å². The molecule has 4 rings (SSSR count). The summed E-state index contributed by atoms with van der Waals surface area (Å²) < 4.78 is 46.2. The molecule has 28 heavy (non-hydrogen) atoms. The van der Waals surface area contributed by atoms with Crippen molar-refractivity contribution in [3.05, 3.63) is 29.2 Å². The van der Waals surface area contributed by atoms with Crippen molar-refractivity contribution in [3.8, 4) is 0 Å². The first-order valence-corrected chi connectivity index (χ1v) is 8.76. The van der Waals surface area contributed by atoms with Gasteiger partial charge in [-0.05, 0) is 13.0 Å². The van der Waals surface area contributed by atoms with Crippen molar-refractivity contribution < 1.29 is 27.5 Å². The van der Waals surface area contributed by atoms with E-state index in [2.05, 4.69) is 10.1 Å². The standard InChI is InChI=1S/C17H18F3N5O3/c1-9-5-13(17(18,19)20)25-14(21-9)6-10(22-25)16(27)24-7-11-12(8-24)28-4-3-15(26)23(11)2/h5-6,11-12H,3-4,7-8H2,1-2H3/t11-,12-/m0/s1. The topological polar surface area (TPSA) is 80.0 Å². The van der Waals surface area contributed by atoms with Crippen molar-refractivity contribution in [1.29, 1.82) is 0 Å². The van der Waals surface area contributed by atoms with Crippen molar-refractivity contribution in [2.24, 2.45) is 0 Å². The number of carbonyl (C=O) groups is 2. The first kappa shape index (κ1) is 18.7. The molecule has 0 aromatic carbocycles. The van der Waals surface area contributed by atoms with Gasteiger partial charge in [0.1, 0.15) is 5.69 Å². The third kappa shape index (κ3) is 3.09. The van der Waals surface area contributed by atoms with Crippen LogP contribution >= 0.6 is 0 Å². The Morgan fingerprint density at radius 3 is 2.75 bits per heavy atom. The first-order chi connectivity index (χ1) is 13.1. The zero-order chi connectivity index (χ0) is 20.2. The maximum Gasteiger partial charge on any atom is 0.433 e. The van der Waals surface area contributed by atoms with E-state index in [1.165, 1.54) is 17.9 Å². The second-order valence-corrected chi connectivity index (χ2v) is 7.02. The smallest absolute Gasteiger partial charge is 0.374 e. The number of amides is 2. The Balaban J connectivity index is 1.64. The van der Waals surface area contributed by atoms with Gasteiger partial charge in [-0.15, -0.1) is 0 Å². The summed E-state index contributed by atoms with van der Waals surface area (Å²) in [5.74, 6) is -0.585. The van der Waals surface area contributed by atoms with E-state index in [1.807, 2.05) is 0 Å². The Morgan fingerprint density at radius 1 is 1.29 bits per heavy atom. The summed E-state index contributed by atoms with van der Waals surface area (Å²) in [5, 5.41) is 3.86. The van der Waals surface area contributed by atoms with Gasteiger partial charge in [-0.1, -0.05) is 0 Å². The van der Waals surface area contributed by atoms with Crippen LogP contribution in [0.5, 0.6) is 0 Å². The number of fused-ring (bicyclic) bond motifs is 2. The lowest BCUT2D eigenvalue weighted by atomic mass is 10.2. The molecule has 2 aromatic heterocycles. The second-order valence-electron chi connectivity index (χ2n) is 7.02. The monoisotopic (exact) mass is 397 g/mol. The molecule has 2 saturated heterocycles. The molecule has 8 nitrogen and oxygen atoms in total. The van der Waals surface area contributed by atoms with Crippen LogP contribution < -0.4 is 0 Å². The summed E-state index contributed by atoms with van der Waals surface area (Å²) in [4.78, 5) is 31.9. The van der Waals surface area contributed by atoms with Crippen LogP contribution in [0.1, 0.15) is 28.3 Å². The average molecular weight is 397 g/mol. The van der Waals surface area contributed by atoms with Crippen LogP contribution in [0.15, 0.2) is 12.1 Å². The van der Waals surface area contributed by atoms with Crippen molar-refractivity contribution >= 4 is 17.5 Å². The van der Waals surface area contributed by atoms with Crippen LogP contribution in [-0.2, 0) is 15.7 Å². The average Bonchev–Trinajstić information content (AvgIpc) is 3.20. The number of halogens is 3. The predicted octanol–water partition coefficient (Wildman–Crippen LogP) is 1.13. The number of aryl methyl sites for hydroxylation is 1. The lowest BCUT2D eigenvalue weighted by molar-refractivity contribution is -0.142. The van der Waals surface area contributed by atoms with E-state index in [0.717, 1.165) is 6.07 Å². The molecule has 2 atom stereocenters. The van der Waals surface area contributed by atoms with Gasteiger partial charge in [0, 0.05) is 31.9 Å². The molecule has 2 aliphatic heterocycles. The zero-order valence-corrected chi connectivity index (χ0v) is 15.2. The van der Waals surface area contributed by atoms with E-state index in [0.29, 0.717) is 4.52 Å². The van der Waals surface area contributed by atoms with Gasteiger partial charge >= 0.3 is 6.18 Å². The molecule has 2 aromatic rings. The summed E-state index contributed by atoms with van der Waals surface area (Å²) in [6, 6.07) is 1.84. The van der Waals surface area contributed by atoms with Gasteiger partial charge in [0.2, 0.25) is 5.91 Å². The first-order valence-electron chi connectivity index (χ1n) is 8.76. The lowest BCUT2D eigenvalue weighted by Crippen LogP contribution is -2.43. The zero-order valence-electron chi connectivity index (χ0n) is 15.2. The number of aromatic nitrogens is 3. The van der Waals surface area contributed by atoms with Gasteiger partial charge in [-0.3, -0.25) is 9.59 Å². The molecular formula is C17H18F3N5O3. The van der Waals surface area contributed by atoms with Crippen molar-refractivity contribution in [2.45, 2.75) is 31.7 Å². The highest BCUT2D eigenvalue weighted by molar-refractivity contribution is 5.93. The highest BCUT2D eigenvalue weighted by atomic mass is 19.4. The number of rotatable bonds is 1. The minimum absolute atomic E-state index is 0.0485. The van der Waals surface area contributed by atoms with Crippen molar-refractivity contribution in [1.82, 2.24) is 24.4 Å². The quantitative estimate of drug-likeness (QED) is 0.721. The van der Waals surface area contributed by atoms with E-state index >= 15 is 0 Å². The second kappa shape index (κ2) is 6.43. The van der Waals surface area contributed by atoms with E-state index in [-0.39, 0.29) is 61.2 Å². The van der Waals surface area contributed by atoms with E-state index < -0.39 is 17.8 Å². The summed E-state index contributed by atoms with van der Waals surface area (Å²) in [5.41, 5.74) is -0.994. The Morgan fingerprint density at radius 2 is 2.04 bits per heavy atom. The highest BCUT2D eigenvalue weighted by Gasteiger charge is 2.42. The molecule has 2 amide bonds. The SMILES string of the molecule is Cc1cc(C(F)(F)F)n2nc(C(=O)N3C[C@@H]4OCCC(=O)N(C)[C@H]4C3)cc2n1. The molecule has 0 N–H and O–H groups in total. The molecule has 0 unspecified atom stereocenters. The van der Waals surface area contributed by atoms with E-state index in [4.69, 9.17) is 4.74 Å². The number of hydrogen-bond acceptors (Lipinski definition) is 5. The normalized spacial score (nSPS) is 23.2. The molecule has 0 saturated carbocycles. The number of carbonyl (C=O) groups excluding carboxylic acids is 2. The molecular weight excluding hydrogens is 379 g/mol. The summed E-state index contributed by atoms with van der Waals surface area (Å²) in [6.45, 7) is 2.20. The summed E-state index contributed by atoms with van der Waals surface area (Å²) in [6.07, 6.45) is -4.67. The van der Waals surface area contributed by atoms with Gasteiger partial charge < -0.3 is 14.5 Å². The number of ether oxygens (including phenoxy) is 1. The van der Waals surface area contributed by atoms with Crippen molar-refractivity contribution in [2.75, 3.05) is 26.7 Å². The van der Waals surface area contributed by atoms with Crippen LogP contribution in [0.25, 0.3) is 5.65 Å². The summed E-state index contributed by atoms with van der Waals surface area (Å²) in [7, 11) is 1.66. The molecule has 0 bridgehead atoms. The summed E-state index contributed by atoms with van der Waals surface area (Å²) >= 11 is 0. The van der Waals surface area contributed by atoms with E-state index in [1.54, 1.807) is 11.9 Å². The van der Waals surface area contributed by atoms with Crippen LogP contribution in [-0.4, -0.2) is 75.1 Å². The number of likely N-dealkylation sites (N-methyl/N-ethyl adjacent to an activating group) is 1. The largest absolute Gasteiger partial charge is 0.433 e. The Kier molecular flexibility index (Phi) is 4.29. The molecule has 2 fully saturated rings. The molecule has 0 radical (unpaired) electrons. The fourth-order valence-electron chi connectivity index (χ4n) is 3.69. The molecule has 150 valence electrons. The Bertz CT molecular complexity index is 957. The molecule has 2 aliphatic rings. The molecule has 0 spiro atoms. The minimum Gasteiger partial charge on any atom is -0.374 e. The number of hydrogen-bond donors (Lipinski definition) is 0. The predicted molar refractivity (Wildman–Crippen MR) is 89.5 cm³/mol. The number of likely N-dealkylation sites (tertiary alicyclic amines) is 1. The highest BCUT2D eigenvalue weighted by Crippen LogP contribution is 2.30. The van der Waals surface area contributed by atoms with Gasteiger partial charge in [0.05, 0.1) is 25.2 Å². The molecule has 11 heteroatoms.